The maximum atomic E-state index is 14.5. The Labute approximate surface area is 117 Å². The van der Waals surface area contributed by atoms with E-state index in [0.29, 0.717) is 11.7 Å². The molecule has 2 rings (SSSR count). The first-order valence-electron chi connectivity index (χ1n) is 6.31. The lowest BCUT2D eigenvalue weighted by Crippen LogP contribution is -2.40. The summed E-state index contributed by atoms with van der Waals surface area (Å²) in [5.41, 5.74) is 6.44. The molecule has 6 nitrogen and oxygen atoms in total. The molecule has 20 heavy (non-hydrogen) atoms. The van der Waals surface area contributed by atoms with E-state index < -0.39 is 24.6 Å². The first-order chi connectivity index (χ1) is 9.49. The van der Waals surface area contributed by atoms with Gasteiger partial charge in [0, 0.05) is 26.0 Å². The summed E-state index contributed by atoms with van der Waals surface area (Å²) < 4.78 is 30.4. The van der Waals surface area contributed by atoms with Crippen molar-refractivity contribution in [1.29, 1.82) is 0 Å². The number of amidine groups is 1. The first kappa shape index (κ1) is 15.0. The number of alkyl halides is 1. The Morgan fingerprint density at radius 1 is 1.55 bits per heavy atom. The molecule has 1 fully saturated rings. The fourth-order valence-corrected chi connectivity index (χ4v) is 2.35. The molecule has 0 aromatic heterocycles. The third-order valence-corrected chi connectivity index (χ3v) is 3.43. The molecule has 2 unspecified atom stereocenters. The minimum absolute atomic E-state index is 0.254. The molecule has 0 amide bonds. The molecule has 2 heterocycles. The van der Waals surface area contributed by atoms with Crippen molar-refractivity contribution in [2.24, 2.45) is 10.7 Å². The van der Waals surface area contributed by atoms with Gasteiger partial charge in [-0.1, -0.05) is 6.58 Å². The summed E-state index contributed by atoms with van der Waals surface area (Å²) in [4.78, 5) is 5.62. The number of rotatable bonds is 4. The minimum Gasteiger partial charge on any atom is -0.383 e. The summed E-state index contributed by atoms with van der Waals surface area (Å²) in [6, 6.07) is 0. The lowest BCUT2D eigenvalue weighted by Gasteiger charge is -2.31. The van der Waals surface area contributed by atoms with Crippen molar-refractivity contribution in [1.82, 2.24) is 4.90 Å². The number of ether oxygens (including phenoxy) is 3. The Balaban J connectivity index is 2.19. The highest BCUT2D eigenvalue weighted by atomic mass is 19.1. The van der Waals surface area contributed by atoms with Crippen LogP contribution >= 0.6 is 0 Å². The third-order valence-electron chi connectivity index (χ3n) is 3.43. The van der Waals surface area contributed by atoms with Crippen LogP contribution in [0.5, 0.6) is 0 Å². The molecular formula is C13H20FN3O3. The van der Waals surface area contributed by atoms with Crippen molar-refractivity contribution in [3.8, 4) is 0 Å². The van der Waals surface area contributed by atoms with Crippen LogP contribution in [0, 0.1) is 0 Å². The van der Waals surface area contributed by atoms with E-state index in [2.05, 4.69) is 11.6 Å². The van der Waals surface area contributed by atoms with Gasteiger partial charge < -0.3 is 24.8 Å². The molecule has 0 aromatic carbocycles. The Hall–Kier alpha value is -1.44. The molecule has 0 bridgehead atoms. The molecule has 2 N–H and O–H groups in total. The number of halogens is 1. The summed E-state index contributed by atoms with van der Waals surface area (Å²) in [5.74, 6) is 0.713. The van der Waals surface area contributed by atoms with Crippen molar-refractivity contribution < 1.29 is 18.6 Å². The second-order valence-corrected chi connectivity index (χ2v) is 4.80. The molecule has 2 aliphatic heterocycles. The van der Waals surface area contributed by atoms with E-state index in [1.54, 1.807) is 13.1 Å². The molecule has 4 atom stereocenters. The van der Waals surface area contributed by atoms with E-state index in [0.717, 1.165) is 5.57 Å². The molecular weight excluding hydrogens is 265 g/mol. The monoisotopic (exact) mass is 285 g/mol. The fraction of sp³-hybridized carbons (Fsp3) is 0.615. The molecule has 0 saturated carbocycles. The van der Waals surface area contributed by atoms with E-state index in [9.17, 15) is 4.39 Å². The minimum atomic E-state index is -1.34. The van der Waals surface area contributed by atoms with Gasteiger partial charge >= 0.3 is 0 Å². The third kappa shape index (κ3) is 2.56. The van der Waals surface area contributed by atoms with Crippen molar-refractivity contribution >= 4 is 5.84 Å². The Bertz CT molecular complexity index is 452. The van der Waals surface area contributed by atoms with Crippen LogP contribution in [0.3, 0.4) is 0 Å². The van der Waals surface area contributed by atoms with Gasteiger partial charge in [0.15, 0.2) is 12.4 Å². The Kier molecular flexibility index (Phi) is 4.42. The van der Waals surface area contributed by atoms with Crippen LogP contribution in [-0.4, -0.2) is 56.2 Å². The first-order valence-corrected chi connectivity index (χ1v) is 6.31. The van der Waals surface area contributed by atoms with Gasteiger partial charge in [0.2, 0.25) is 0 Å². The number of hydrogen-bond donors (Lipinski definition) is 1. The van der Waals surface area contributed by atoms with Crippen molar-refractivity contribution in [3.63, 3.8) is 0 Å². The van der Waals surface area contributed by atoms with E-state index >= 15 is 0 Å². The van der Waals surface area contributed by atoms with E-state index in [-0.39, 0.29) is 6.61 Å². The predicted molar refractivity (Wildman–Crippen MR) is 72.6 cm³/mol. The van der Waals surface area contributed by atoms with Gasteiger partial charge in [0.25, 0.3) is 0 Å². The second kappa shape index (κ2) is 5.90. The molecule has 0 aliphatic carbocycles. The largest absolute Gasteiger partial charge is 0.383 e. The van der Waals surface area contributed by atoms with Gasteiger partial charge in [-0.3, -0.25) is 0 Å². The summed E-state index contributed by atoms with van der Waals surface area (Å²) in [6.45, 7) is 5.82. The lowest BCUT2D eigenvalue weighted by molar-refractivity contribution is -0.0716. The van der Waals surface area contributed by atoms with Crippen LogP contribution in [-0.2, 0) is 14.2 Å². The number of aliphatic imine (C=N–C) groups is 1. The highest BCUT2D eigenvalue weighted by Crippen LogP contribution is 2.32. The number of nitrogens with two attached hydrogens (primary N) is 1. The highest BCUT2D eigenvalue weighted by molar-refractivity contribution is 5.97. The molecule has 0 spiro atoms. The molecule has 1 saturated heterocycles. The molecule has 112 valence electrons. The maximum absolute atomic E-state index is 14.5. The van der Waals surface area contributed by atoms with Crippen LogP contribution in [0.1, 0.15) is 6.92 Å². The molecule has 2 aliphatic rings. The topological polar surface area (TPSA) is 69.3 Å². The van der Waals surface area contributed by atoms with Gasteiger partial charge in [-0.15, -0.1) is 0 Å². The average Bonchev–Trinajstić information content (AvgIpc) is 2.71. The zero-order valence-corrected chi connectivity index (χ0v) is 11.9. The Morgan fingerprint density at radius 3 is 2.85 bits per heavy atom. The zero-order valence-electron chi connectivity index (χ0n) is 11.9. The van der Waals surface area contributed by atoms with Gasteiger partial charge in [0.05, 0.1) is 6.61 Å². The second-order valence-electron chi connectivity index (χ2n) is 4.80. The number of methoxy groups -OCH3 is 2. The van der Waals surface area contributed by atoms with Gasteiger partial charge in [-0.05, 0) is 6.92 Å². The van der Waals surface area contributed by atoms with Crippen molar-refractivity contribution in [2.45, 2.75) is 31.5 Å². The van der Waals surface area contributed by atoms with Crippen LogP contribution in [0.4, 0.5) is 4.39 Å². The van der Waals surface area contributed by atoms with E-state index in [1.807, 2.05) is 0 Å². The number of nitrogens with zero attached hydrogens (tertiary/aromatic N) is 2. The van der Waals surface area contributed by atoms with E-state index in [4.69, 9.17) is 19.9 Å². The quantitative estimate of drug-likeness (QED) is 0.826. The summed E-state index contributed by atoms with van der Waals surface area (Å²) in [5, 5.41) is 0. The van der Waals surface area contributed by atoms with Crippen LogP contribution in [0.2, 0.25) is 0 Å². The molecule has 0 radical (unpaired) electrons. The summed E-state index contributed by atoms with van der Waals surface area (Å²) in [7, 11) is 2.99. The average molecular weight is 285 g/mol. The molecule has 0 aromatic rings. The van der Waals surface area contributed by atoms with Crippen LogP contribution in [0.15, 0.2) is 29.2 Å². The Morgan fingerprint density at radius 2 is 2.25 bits per heavy atom. The van der Waals surface area contributed by atoms with Crippen molar-refractivity contribution in [2.75, 3.05) is 20.8 Å². The lowest BCUT2D eigenvalue weighted by atomic mass is 10.1. The number of hydrogen-bond acceptors (Lipinski definition) is 6. The van der Waals surface area contributed by atoms with E-state index in [1.165, 1.54) is 19.1 Å². The van der Waals surface area contributed by atoms with Gasteiger partial charge in [0.1, 0.15) is 23.9 Å². The summed E-state index contributed by atoms with van der Waals surface area (Å²) >= 11 is 0. The zero-order chi connectivity index (χ0) is 14.9. The molecule has 7 heteroatoms. The van der Waals surface area contributed by atoms with Crippen LogP contribution < -0.4 is 5.73 Å². The smallest absolute Gasteiger partial charge is 0.174 e. The summed E-state index contributed by atoms with van der Waals surface area (Å²) in [6.07, 6.45) is -1.67. The predicted octanol–water partition coefficient (Wildman–Crippen LogP) is 0.759. The SMILES string of the molecule is C=C1N=C(N)C(C)=CN1[C@@H]1O[C@H](COC)C(OC)C1F. The van der Waals surface area contributed by atoms with Crippen molar-refractivity contribution in [3.05, 3.63) is 24.2 Å². The van der Waals surface area contributed by atoms with Crippen LogP contribution in [0.25, 0.3) is 0 Å². The van der Waals surface area contributed by atoms with Gasteiger partial charge in [-0.25, -0.2) is 9.38 Å². The highest BCUT2D eigenvalue weighted by Gasteiger charge is 2.48. The standard InChI is InChI=1S/C13H20FN3O3/c1-7-5-17(8(2)16-12(7)15)13-10(14)11(19-4)9(20-13)6-18-3/h5,9-11,13H,2,6H2,1,3-4H3,(H2,15,16)/t9-,10?,11?,13-/m1/s1. The van der Waals surface area contributed by atoms with Gasteiger partial charge in [-0.2, -0.15) is 0 Å². The normalized spacial score (nSPS) is 34.2. The maximum Gasteiger partial charge on any atom is 0.174 e. The fourth-order valence-electron chi connectivity index (χ4n) is 2.35.